The number of hydrogen-bond acceptors (Lipinski definition) is 4. The number of benzene rings is 1. The van der Waals surface area contributed by atoms with E-state index in [1.165, 1.54) is 25.7 Å². The van der Waals surface area contributed by atoms with Crippen LogP contribution in [0.4, 0.5) is 5.95 Å². The zero-order valence-corrected chi connectivity index (χ0v) is 11.3. The van der Waals surface area contributed by atoms with Gasteiger partial charge in [0.2, 0.25) is 5.95 Å². The lowest BCUT2D eigenvalue weighted by Crippen LogP contribution is -2.27. The molecular formula is C14H15ClN4. The number of rotatable bonds is 2. The Bertz CT molecular complexity index is 630. The molecule has 4 rings (SSSR count). The smallest absolute Gasteiger partial charge is 0.243 e. The molecule has 0 saturated heterocycles. The summed E-state index contributed by atoms with van der Waals surface area (Å²) >= 11 is 5.93. The number of aromatic nitrogens is 3. The molecule has 0 radical (unpaired) electrons. The molecule has 1 heterocycles. The van der Waals surface area contributed by atoms with Crippen molar-refractivity contribution in [3.05, 3.63) is 23.2 Å². The molecule has 3 atom stereocenters. The van der Waals surface area contributed by atoms with Crippen molar-refractivity contribution in [3.8, 4) is 0 Å². The Balaban J connectivity index is 1.60. The van der Waals surface area contributed by atoms with E-state index in [9.17, 15) is 0 Å². The first-order chi connectivity index (χ1) is 9.28. The van der Waals surface area contributed by atoms with E-state index < -0.39 is 0 Å². The molecule has 4 nitrogen and oxygen atoms in total. The average Bonchev–Trinajstić information content (AvgIpc) is 3.01. The highest BCUT2D eigenvalue weighted by Gasteiger charge is 2.39. The summed E-state index contributed by atoms with van der Waals surface area (Å²) in [5, 5.41) is 12.5. The van der Waals surface area contributed by atoms with Crippen molar-refractivity contribution < 1.29 is 0 Å². The van der Waals surface area contributed by atoms with E-state index in [2.05, 4.69) is 20.5 Å². The van der Waals surface area contributed by atoms with Crippen molar-refractivity contribution >= 4 is 28.6 Å². The zero-order chi connectivity index (χ0) is 12.8. The third-order valence-corrected chi connectivity index (χ3v) is 4.70. The number of nitrogens with one attached hydrogen (secondary N) is 1. The van der Waals surface area contributed by atoms with E-state index in [-0.39, 0.29) is 0 Å². The van der Waals surface area contributed by atoms with Crippen LogP contribution in [0.1, 0.15) is 25.7 Å². The van der Waals surface area contributed by atoms with Crippen molar-refractivity contribution in [2.24, 2.45) is 11.8 Å². The van der Waals surface area contributed by atoms with Crippen LogP contribution in [0.2, 0.25) is 5.02 Å². The van der Waals surface area contributed by atoms with Crippen LogP contribution in [-0.2, 0) is 0 Å². The molecule has 0 unspecified atom stereocenters. The maximum Gasteiger partial charge on any atom is 0.243 e. The summed E-state index contributed by atoms with van der Waals surface area (Å²) in [4.78, 5) is 4.52. The molecule has 5 heteroatoms. The SMILES string of the molecule is Clc1ccc2nc(N[C@@H]3C[C@H]4CC[C@@H]3C4)nnc2c1. The summed E-state index contributed by atoms with van der Waals surface area (Å²) in [6, 6.07) is 6.04. The average molecular weight is 275 g/mol. The van der Waals surface area contributed by atoms with Crippen LogP contribution in [0.5, 0.6) is 0 Å². The molecule has 2 aromatic rings. The molecule has 2 fully saturated rings. The molecule has 2 saturated carbocycles. The van der Waals surface area contributed by atoms with E-state index in [0.29, 0.717) is 17.0 Å². The maximum atomic E-state index is 5.93. The highest BCUT2D eigenvalue weighted by atomic mass is 35.5. The van der Waals surface area contributed by atoms with E-state index in [1.807, 2.05) is 12.1 Å². The van der Waals surface area contributed by atoms with Gasteiger partial charge in [-0.2, -0.15) is 0 Å². The van der Waals surface area contributed by atoms with Gasteiger partial charge < -0.3 is 5.32 Å². The third-order valence-electron chi connectivity index (χ3n) is 4.47. The van der Waals surface area contributed by atoms with E-state index in [4.69, 9.17) is 11.6 Å². The Morgan fingerprint density at radius 1 is 1.11 bits per heavy atom. The van der Waals surface area contributed by atoms with Gasteiger partial charge in [0, 0.05) is 11.1 Å². The summed E-state index contributed by atoms with van der Waals surface area (Å²) in [6.45, 7) is 0. The van der Waals surface area contributed by atoms with Gasteiger partial charge in [-0.3, -0.25) is 0 Å². The quantitative estimate of drug-likeness (QED) is 0.913. The van der Waals surface area contributed by atoms with Gasteiger partial charge in [-0.25, -0.2) is 4.98 Å². The summed E-state index contributed by atoms with van der Waals surface area (Å²) in [5.41, 5.74) is 1.58. The van der Waals surface area contributed by atoms with Crippen LogP contribution in [0.25, 0.3) is 11.0 Å². The van der Waals surface area contributed by atoms with Gasteiger partial charge in [0.1, 0.15) is 5.52 Å². The summed E-state index contributed by atoms with van der Waals surface area (Å²) < 4.78 is 0. The van der Waals surface area contributed by atoms with Crippen molar-refractivity contribution in [2.45, 2.75) is 31.7 Å². The largest absolute Gasteiger partial charge is 0.350 e. The maximum absolute atomic E-state index is 5.93. The topological polar surface area (TPSA) is 50.7 Å². The van der Waals surface area contributed by atoms with Gasteiger partial charge in [0.15, 0.2) is 0 Å². The molecule has 2 aliphatic rings. The molecule has 2 aliphatic carbocycles. The molecule has 0 aliphatic heterocycles. The summed E-state index contributed by atoms with van der Waals surface area (Å²) in [7, 11) is 0. The first-order valence-electron chi connectivity index (χ1n) is 6.84. The van der Waals surface area contributed by atoms with Crippen LogP contribution in [0, 0.1) is 11.8 Å². The van der Waals surface area contributed by atoms with Crippen LogP contribution in [0.15, 0.2) is 18.2 Å². The van der Waals surface area contributed by atoms with Gasteiger partial charge in [-0.15, -0.1) is 10.2 Å². The minimum Gasteiger partial charge on any atom is -0.350 e. The van der Waals surface area contributed by atoms with Crippen LogP contribution < -0.4 is 5.32 Å². The number of anilines is 1. The van der Waals surface area contributed by atoms with Crippen LogP contribution in [-0.4, -0.2) is 21.2 Å². The van der Waals surface area contributed by atoms with E-state index in [1.54, 1.807) is 6.07 Å². The van der Waals surface area contributed by atoms with E-state index >= 15 is 0 Å². The minimum absolute atomic E-state index is 0.533. The Kier molecular flexibility index (Phi) is 2.58. The normalized spacial score (nSPS) is 29.0. The molecule has 0 spiro atoms. The summed E-state index contributed by atoms with van der Waals surface area (Å²) in [5.74, 6) is 2.36. The predicted octanol–water partition coefficient (Wildman–Crippen LogP) is 3.28. The Morgan fingerprint density at radius 2 is 2.05 bits per heavy atom. The Hall–Kier alpha value is -1.42. The summed E-state index contributed by atoms with van der Waals surface area (Å²) in [6.07, 6.45) is 5.37. The van der Waals surface area contributed by atoms with Gasteiger partial charge in [0.25, 0.3) is 0 Å². The fourth-order valence-corrected chi connectivity index (χ4v) is 3.72. The highest BCUT2D eigenvalue weighted by Crippen LogP contribution is 2.45. The zero-order valence-electron chi connectivity index (χ0n) is 10.5. The lowest BCUT2D eigenvalue weighted by atomic mass is 9.95. The first kappa shape index (κ1) is 11.4. The van der Waals surface area contributed by atoms with Gasteiger partial charge in [0.05, 0.1) is 5.52 Å². The van der Waals surface area contributed by atoms with Gasteiger partial charge in [-0.05, 0) is 49.3 Å². The monoisotopic (exact) mass is 274 g/mol. The Morgan fingerprint density at radius 3 is 2.84 bits per heavy atom. The fraction of sp³-hybridized carbons (Fsp3) is 0.500. The van der Waals surface area contributed by atoms with Crippen molar-refractivity contribution in [2.75, 3.05) is 5.32 Å². The second-order valence-corrected chi connectivity index (χ2v) is 6.13. The van der Waals surface area contributed by atoms with E-state index in [0.717, 1.165) is 22.9 Å². The van der Waals surface area contributed by atoms with Crippen molar-refractivity contribution in [1.29, 1.82) is 0 Å². The molecule has 0 amide bonds. The fourth-order valence-electron chi connectivity index (χ4n) is 3.56. The second kappa shape index (κ2) is 4.30. The molecular weight excluding hydrogens is 260 g/mol. The lowest BCUT2D eigenvalue weighted by molar-refractivity contribution is 0.437. The minimum atomic E-state index is 0.533. The number of nitrogens with zero attached hydrogens (tertiary/aromatic N) is 3. The third kappa shape index (κ3) is 2.04. The second-order valence-electron chi connectivity index (χ2n) is 5.69. The number of fused-ring (bicyclic) bond motifs is 3. The molecule has 1 aromatic carbocycles. The number of halogens is 1. The molecule has 1 N–H and O–H groups in total. The van der Waals surface area contributed by atoms with Crippen molar-refractivity contribution in [3.63, 3.8) is 0 Å². The first-order valence-corrected chi connectivity index (χ1v) is 7.22. The number of hydrogen-bond donors (Lipinski definition) is 1. The van der Waals surface area contributed by atoms with Gasteiger partial charge in [-0.1, -0.05) is 18.0 Å². The molecule has 1 aromatic heterocycles. The lowest BCUT2D eigenvalue weighted by Gasteiger charge is -2.22. The van der Waals surface area contributed by atoms with Crippen LogP contribution in [0.3, 0.4) is 0 Å². The van der Waals surface area contributed by atoms with Crippen molar-refractivity contribution in [1.82, 2.24) is 15.2 Å². The van der Waals surface area contributed by atoms with Gasteiger partial charge >= 0.3 is 0 Å². The standard InChI is InChI=1S/C14H15ClN4/c15-10-3-4-11-13(7-10)18-19-14(16-11)17-12-6-8-1-2-9(12)5-8/h3-4,7-9,12H,1-2,5-6H2,(H,16,17,19)/t8-,9+,12+/m0/s1. The highest BCUT2D eigenvalue weighted by molar-refractivity contribution is 6.31. The molecule has 98 valence electrons. The Labute approximate surface area is 116 Å². The predicted molar refractivity (Wildman–Crippen MR) is 75.2 cm³/mol. The van der Waals surface area contributed by atoms with Crippen LogP contribution >= 0.6 is 11.6 Å². The molecule has 19 heavy (non-hydrogen) atoms. The molecule has 2 bridgehead atoms.